The molecular formula is C46H29N3S. The second kappa shape index (κ2) is 11.7. The minimum Gasteiger partial charge on any atom is -0.309 e. The van der Waals surface area contributed by atoms with Gasteiger partial charge in [0.2, 0.25) is 0 Å². The maximum atomic E-state index is 5.22. The van der Waals surface area contributed by atoms with Gasteiger partial charge in [-0.3, -0.25) is 0 Å². The summed E-state index contributed by atoms with van der Waals surface area (Å²) in [6.45, 7) is 0. The molecule has 7 aromatic carbocycles. The highest BCUT2D eigenvalue weighted by Gasteiger charge is 2.16. The van der Waals surface area contributed by atoms with E-state index in [1.807, 2.05) is 17.4 Å². The minimum atomic E-state index is 0.708. The van der Waals surface area contributed by atoms with Gasteiger partial charge in [-0.2, -0.15) is 0 Å². The smallest absolute Gasteiger partial charge is 0.160 e. The Balaban J connectivity index is 1.12. The molecule has 234 valence electrons. The molecule has 0 aliphatic heterocycles. The van der Waals surface area contributed by atoms with Gasteiger partial charge >= 0.3 is 0 Å². The van der Waals surface area contributed by atoms with Crippen molar-refractivity contribution in [2.24, 2.45) is 0 Å². The van der Waals surface area contributed by atoms with Crippen LogP contribution in [-0.4, -0.2) is 14.5 Å². The molecule has 0 amide bonds. The van der Waals surface area contributed by atoms with Crippen molar-refractivity contribution >= 4 is 53.3 Å². The van der Waals surface area contributed by atoms with Crippen LogP contribution in [0.25, 0.3) is 92.7 Å². The van der Waals surface area contributed by atoms with Gasteiger partial charge in [-0.1, -0.05) is 127 Å². The first-order chi connectivity index (χ1) is 24.8. The van der Waals surface area contributed by atoms with Gasteiger partial charge in [-0.15, -0.1) is 11.3 Å². The molecule has 3 heterocycles. The predicted octanol–water partition coefficient (Wildman–Crippen LogP) is 12.6. The zero-order valence-electron chi connectivity index (χ0n) is 27.0. The molecule has 0 bridgehead atoms. The van der Waals surface area contributed by atoms with Crippen LogP contribution in [-0.2, 0) is 0 Å². The summed E-state index contributed by atoms with van der Waals surface area (Å²) in [5.74, 6) is 0.708. The minimum absolute atomic E-state index is 0.708. The topological polar surface area (TPSA) is 30.7 Å². The number of hydrogen-bond donors (Lipinski definition) is 0. The van der Waals surface area contributed by atoms with Crippen LogP contribution < -0.4 is 0 Å². The molecule has 0 N–H and O–H groups in total. The second-order valence-electron chi connectivity index (χ2n) is 12.6. The highest BCUT2D eigenvalue weighted by atomic mass is 32.1. The van der Waals surface area contributed by atoms with E-state index in [-0.39, 0.29) is 0 Å². The Morgan fingerprint density at radius 1 is 0.360 bits per heavy atom. The molecule has 0 atom stereocenters. The van der Waals surface area contributed by atoms with Gasteiger partial charge < -0.3 is 4.57 Å². The van der Waals surface area contributed by atoms with Crippen molar-refractivity contribution < 1.29 is 0 Å². The zero-order chi connectivity index (χ0) is 33.0. The SMILES string of the molecule is c1ccc(-c2cc(-c3ccc4c(c3)sc3ccccc34)nc(-c3cccc(-c4ccc5c6ccccc6n(-c6ccccc6)c5c4)c3)n2)cc1. The predicted molar refractivity (Wildman–Crippen MR) is 211 cm³/mol. The average Bonchev–Trinajstić information content (AvgIpc) is 3.73. The van der Waals surface area contributed by atoms with E-state index in [1.165, 1.54) is 42.0 Å². The van der Waals surface area contributed by atoms with Crippen LogP contribution in [0.1, 0.15) is 0 Å². The Kier molecular flexibility index (Phi) is 6.68. The van der Waals surface area contributed by atoms with Gasteiger partial charge in [0.15, 0.2) is 5.82 Å². The summed E-state index contributed by atoms with van der Waals surface area (Å²) >= 11 is 1.83. The van der Waals surface area contributed by atoms with Crippen LogP contribution in [0.15, 0.2) is 176 Å². The molecular weight excluding hydrogens is 627 g/mol. The number of aromatic nitrogens is 3. The number of hydrogen-bond acceptors (Lipinski definition) is 3. The van der Waals surface area contributed by atoms with Crippen molar-refractivity contribution in [3.05, 3.63) is 176 Å². The lowest BCUT2D eigenvalue weighted by Gasteiger charge is -2.11. The van der Waals surface area contributed by atoms with Gasteiger partial charge in [0.05, 0.1) is 22.4 Å². The summed E-state index contributed by atoms with van der Waals surface area (Å²) in [4.78, 5) is 10.4. The molecule has 0 fully saturated rings. The highest BCUT2D eigenvalue weighted by Crippen LogP contribution is 2.38. The van der Waals surface area contributed by atoms with Crippen LogP contribution >= 0.6 is 11.3 Å². The molecule has 0 saturated carbocycles. The van der Waals surface area contributed by atoms with Crippen molar-refractivity contribution in [3.63, 3.8) is 0 Å². The summed E-state index contributed by atoms with van der Waals surface area (Å²) in [7, 11) is 0. The number of nitrogens with zero attached hydrogens (tertiary/aromatic N) is 3. The van der Waals surface area contributed by atoms with Crippen LogP contribution in [0.5, 0.6) is 0 Å². The number of fused-ring (bicyclic) bond motifs is 6. The lowest BCUT2D eigenvalue weighted by molar-refractivity contribution is 1.18. The van der Waals surface area contributed by atoms with E-state index in [0.29, 0.717) is 5.82 Å². The molecule has 4 heteroatoms. The Labute approximate surface area is 293 Å². The quantitative estimate of drug-likeness (QED) is 0.185. The summed E-state index contributed by atoms with van der Waals surface area (Å²) in [6, 6.07) is 62.5. The van der Waals surface area contributed by atoms with Crippen molar-refractivity contribution in [1.82, 2.24) is 14.5 Å². The maximum Gasteiger partial charge on any atom is 0.160 e. The number of thiophene rings is 1. The van der Waals surface area contributed by atoms with Crippen LogP contribution in [0, 0.1) is 0 Å². The molecule has 0 aliphatic carbocycles. The van der Waals surface area contributed by atoms with E-state index in [4.69, 9.17) is 9.97 Å². The molecule has 0 radical (unpaired) electrons. The monoisotopic (exact) mass is 655 g/mol. The fourth-order valence-corrected chi connectivity index (χ4v) is 8.35. The molecule has 0 saturated heterocycles. The fraction of sp³-hybridized carbons (Fsp3) is 0. The molecule has 10 rings (SSSR count). The Morgan fingerprint density at radius 3 is 1.82 bits per heavy atom. The number of rotatable bonds is 5. The largest absolute Gasteiger partial charge is 0.309 e. The second-order valence-corrected chi connectivity index (χ2v) is 13.7. The maximum absolute atomic E-state index is 5.22. The summed E-state index contributed by atoms with van der Waals surface area (Å²) in [6.07, 6.45) is 0. The first-order valence-corrected chi connectivity index (χ1v) is 17.6. The van der Waals surface area contributed by atoms with E-state index in [1.54, 1.807) is 0 Å². The van der Waals surface area contributed by atoms with E-state index < -0.39 is 0 Å². The first-order valence-electron chi connectivity index (χ1n) is 16.8. The van der Waals surface area contributed by atoms with E-state index in [9.17, 15) is 0 Å². The Morgan fingerprint density at radius 2 is 0.960 bits per heavy atom. The third kappa shape index (κ3) is 4.80. The highest BCUT2D eigenvalue weighted by molar-refractivity contribution is 7.25. The van der Waals surface area contributed by atoms with Crippen LogP contribution in [0.3, 0.4) is 0 Å². The average molecular weight is 656 g/mol. The lowest BCUT2D eigenvalue weighted by Crippen LogP contribution is -1.96. The van der Waals surface area contributed by atoms with Gasteiger partial charge in [0.25, 0.3) is 0 Å². The Hall–Kier alpha value is -6.36. The van der Waals surface area contributed by atoms with Gasteiger partial charge in [0, 0.05) is 53.3 Å². The third-order valence-corrected chi connectivity index (χ3v) is 10.7. The third-order valence-electron chi connectivity index (χ3n) is 9.61. The van der Waals surface area contributed by atoms with Crippen molar-refractivity contribution in [2.45, 2.75) is 0 Å². The van der Waals surface area contributed by atoms with Crippen molar-refractivity contribution in [1.29, 1.82) is 0 Å². The number of benzene rings is 7. The van der Waals surface area contributed by atoms with Crippen LogP contribution in [0.4, 0.5) is 0 Å². The van der Waals surface area contributed by atoms with Crippen molar-refractivity contribution in [3.8, 4) is 50.7 Å². The normalized spacial score (nSPS) is 11.6. The standard InChI is InChI=1S/C46H29N3S/c1-3-12-30(13-4-1)40-29-41(33-23-25-39-38-19-8-10-21-44(38)50-45(39)28-33)48-46(47-40)34-15-11-14-31(26-34)32-22-24-37-36-18-7-9-20-42(36)49(43(37)27-32)35-16-5-2-6-17-35/h1-29H. The van der Waals surface area contributed by atoms with Gasteiger partial charge in [-0.25, -0.2) is 9.97 Å². The summed E-state index contributed by atoms with van der Waals surface area (Å²) in [5.41, 5.74) is 10.7. The molecule has 3 nitrogen and oxygen atoms in total. The van der Waals surface area contributed by atoms with E-state index >= 15 is 0 Å². The van der Waals surface area contributed by atoms with E-state index in [0.717, 1.165) is 44.9 Å². The lowest BCUT2D eigenvalue weighted by atomic mass is 10.0. The summed E-state index contributed by atoms with van der Waals surface area (Å²) < 4.78 is 4.92. The summed E-state index contributed by atoms with van der Waals surface area (Å²) in [5, 5.41) is 5.07. The Bertz CT molecular complexity index is 2870. The van der Waals surface area contributed by atoms with Crippen molar-refractivity contribution in [2.75, 3.05) is 0 Å². The fourth-order valence-electron chi connectivity index (χ4n) is 7.21. The molecule has 10 aromatic rings. The molecule has 0 unspecified atom stereocenters. The number of para-hydroxylation sites is 2. The van der Waals surface area contributed by atoms with Gasteiger partial charge in [0.1, 0.15) is 0 Å². The van der Waals surface area contributed by atoms with E-state index in [2.05, 4.69) is 174 Å². The molecule has 0 aliphatic rings. The zero-order valence-corrected chi connectivity index (χ0v) is 27.8. The first kappa shape index (κ1) is 28.6. The molecule has 50 heavy (non-hydrogen) atoms. The van der Waals surface area contributed by atoms with Gasteiger partial charge in [-0.05, 0) is 59.7 Å². The van der Waals surface area contributed by atoms with Crippen LogP contribution in [0.2, 0.25) is 0 Å². The molecule has 0 spiro atoms. The molecule has 3 aromatic heterocycles.